The van der Waals surface area contributed by atoms with E-state index in [1.807, 2.05) is 28.0 Å². The van der Waals surface area contributed by atoms with E-state index in [2.05, 4.69) is 4.98 Å². The summed E-state index contributed by atoms with van der Waals surface area (Å²) in [5, 5.41) is 0. The van der Waals surface area contributed by atoms with Crippen LogP contribution in [0.15, 0.2) is 48.0 Å². The van der Waals surface area contributed by atoms with Crippen LogP contribution in [0, 0.1) is 11.7 Å². The molecule has 1 aliphatic heterocycles. The van der Waals surface area contributed by atoms with E-state index in [-0.39, 0.29) is 29.5 Å². The van der Waals surface area contributed by atoms with Gasteiger partial charge in [0.05, 0.1) is 15.7 Å². The number of benzene rings is 2. The number of thiazole rings is 1. The molecule has 148 valence electrons. The van der Waals surface area contributed by atoms with E-state index in [0.29, 0.717) is 31.7 Å². The molecule has 0 bridgehead atoms. The van der Waals surface area contributed by atoms with E-state index >= 15 is 0 Å². The summed E-state index contributed by atoms with van der Waals surface area (Å²) in [7, 11) is 0. The standard InChI is InChI=1S/C22H20FN3O2S/c23-16-4-1-14(2-5-16)17-12-18(17)22(28)26-9-7-25(8-10-26)21(27)15-3-6-19-20(11-15)29-13-24-19/h1-6,11,13,17-18H,7-10,12H2. The molecule has 2 amide bonds. The van der Waals surface area contributed by atoms with Crippen LogP contribution in [-0.2, 0) is 4.79 Å². The fourth-order valence-corrected chi connectivity index (χ4v) is 4.80. The van der Waals surface area contributed by atoms with Crippen LogP contribution in [-0.4, -0.2) is 52.8 Å². The Morgan fingerprint density at radius 3 is 2.48 bits per heavy atom. The molecule has 0 spiro atoms. The van der Waals surface area contributed by atoms with Crippen molar-refractivity contribution in [3.63, 3.8) is 0 Å². The third-order valence-electron chi connectivity index (χ3n) is 5.86. The Bertz CT molecular complexity index is 1070. The average Bonchev–Trinajstić information content (AvgIpc) is 3.41. The minimum atomic E-state index is -0.257. The zero-order valence-corrected chi connectivity index (χ0v) is 16.6. The number of halogens is 1. The van der Waals surface area contributed by atoms with Crippen molar-refractivity contribution in [2.75, 3.05) is 26.2 Å². The van der Waals surface area contributed by atoms with Gasteiger partial charge in [0, 0.05) is 37.7 Å². The normalized spacial score (nSPS) is 21.4. The van der Waals surface area contributed by atoms with Crippen LogP contribution in [0.25, 0.3) is 10.2 Å². The van der Waals surface area contributed by atoms with Crippen molar-refractivity contribution in [2.45, 2.75) is 12.3 Å². The smallest absolute Gasteiger partial charge is 0.254 e. The van der Waals surface area contributed by atoms with Gasteiger partial charge >= 0.3 is 0 Å². The SMILES string of the molecule is O=C(c1ccc2ncsc2c1)N1CCN(C(=O)C2CC2c2ccc(F)cc2)CC1. The average molecular weight is 409 g/mol. The minimum Gasteiger partial charge on any atom is -0.339 e. The molecule has 5 rings (SSSR count). The van der Waals surface area contributed by atoms with E-state index in [4.69, 9.17) is 0 Å². The fourth-order valence-electron chi connectivity index (χ4n) is 4.08. The van der Waals surface area contributed by atoms with E-state index in [9.17, 15) is 14.0 Å². The van der Waals surface area contributed by atoms with Gasteiger partial charge in [0.1, 0.15) is 5.82 Å². The molecule has 3 aromatic rings. The number of fused-ring (bicyclic) bond motifs is 1. The predicted molar refractivity (Wildman–Crippen MR) is 109 cm³/mol. The van der Waals surface area contributed by atoms with E-state index in [1.165, 1.54) is 23.5 Å². The molecule has 2 fully saturated rings. The van der Waals surface area contributed by atoms with Gasteiger partial charge in [-0.25, -0.2) is 9.37 Å². The first kappa shape index (κ1) is 18.2. The topological polar surface area (TPSA) is 53.5 Å². The fraction of sp³-hybridized carbons (Fsp3) is 0.318. The van der Waals surface area contributed by atoms with Crippen LogP contribution in [0.2, 0.25) is 0 Å². The molecule has 2 atom stereocenters. The molecule has 7 heteroatoms. The Balaban J connectivity index is 1.18. The molecule has 2 aromatic carbocycles. The molecular formula is C22H20FN3O2S. The van der Waals surface area contributed by atoms with Crippen molar-refractivity contribution in [2.24, 2.45) is 5.92 Å². The summed E-state index contributed by atoms with van der Waals surface area (Å²) >= 11 is 1.52. The Labute approximate surface area is 171 Å². The number of piperazine rings is 1. The van der Waals surface area contributed by atoms with Crippen LogP contribution >= 0.6 is 11.3 Å². The second-order valence-electron chi connectivity index (χ2n) is 7.65. The van der Waals surface area contributed by atoms with Gasteiger partial charge in [-0.1, -0.05) is 12.1 Å². The van der Waals surface area contributed by atoms with Crippen molar-refractivity contribution in [1.29, 1.82) is 0 Å². The lowest BCUT2D eigenvalue weighted by Crippen LogP contribution is -2.51. The Hall–Kier alpha value is -2.80. The third-order valence-corrected chi connectivity index (χ3v) is 6.65. The van der Waals surface area contributed by atoms with Gasteiger partial charge in [-0.3, -0.25) is 9.59 Å². The number of carbonyl (C=O) groups is 2. The number of aromatic nitrogens is 1. The highest BCUT2D eigenvalue weighted by atomic mass is 32.1. The lowest BCUT2D eigenvalue weighted by atomic mass is 10.1. The maximum absolute atomic E-state index is 13.1. The molecule has 1 saturated heterocycles. The quantitative estimate of drug-likeness (QED) is 0.665. The number of rotatable bonds is 3. The summed E-state index contributed by atoms with van der Waals surface area (Å²) in [6.45, 7) is 2.19. The van der Waals surface area contributed by atoms with Gasteiger partial charge in [-0.15, -0.1) is 11.3 Å². The first-order valence-electron chi connectivity index (χ1n) is 9.77. The number of amides is 2. The Kier molecular flexibility index (Phi) is 4.54. The largest absolute Gasteiger partial charge is 0.339 e. The van der Waals surface area contributed by atoms with Gasteiger partial charge < -0.3 is 9.80 Å². The van der Waals surface area contributed by atoms with Gasteiger partial charge in [0.25, 0.3) is 5.91 Å². The van der Waals surface area contributed by atoms with Crippen molar-refractivity contribution in [3.05, 3.63) is 64.9 Å². The van der Waals surface area contributed by atoms with E-state index in [1.54, 1.807) is 17.6 Å². The lowest BCUT2D eigenvalue weighted by Gasteiger charge is -2.35. The monoisotopic (exact) mass is 409 g/mol. The van der Waals surface area contributed by atoms with Gasteiger partial charge in [0.15, 0.2) is 0 Å². The molecule has 1 aliphatic carbocycles. The van der Waals surface area contributed by atoms with Crippen LogP contribution in [0.4, 0.5) is 4.39 Å². The van der Waals surface area contributed by atoms with E-state index in [0.717, 1.165) is 22.2 Å². The van der Waals surface area contributed by atoms with Crippen molar-refractivity contribution in [3.8, 4) is 0 Å². The maximum Gasteiger partial charge on any atom is 0.254 e. The first-order valence-corrected chi connectivity index (χ1v) is 10.6. The number of hydrogen-bond acceptors (Lipinski definition) is 4. The highest BCUT2D eigenvalue weighted by Gasteiger charge is 2.46. The number of hydrogen-bond donors (Lipinski definition) is 0. The maximum atomic E-state index is 13.1. The van der Waals surface area contributed by atoms with Crippen LogP contribution in [0.3, 0.4) is 0 Å². The Morgan fingerprint density at radius 2 is 1.72 bits per heavy atom. The molecule has 29 heavy (non-hydrogen) atoms. The molecule has 1 aromatic heterocycles. The molecule has 5 nitrogen and oxygen atoms in total. The molecule has 0 radical (unpaired) electrons. The summed E-state index contributed by atoms with van der Waals surface area (Å²) in [5.74, 6) is 0.0680. The van der Waals surface area contributed by atoms with Crippen LogP contribution in [0.1, 0.15) is 28.3 Å². The van der Waals surface area contributed by atoms with Gasteiger partial charge in [-0.2, -0.15) is 0 Å². The van der Waals surface area contributed by atoms with Crippen molar-refractivity contribution in [1.82, 2.24) is 14.8 Å². The highest BCUT2D eigenvalue weighted by molar-refractivity contribution is 7.16. The Morgan fingerprint density at radius 1 is 1.00 bits per heavy atom. The van der Waals surface area contributed by atoms with Gasteiger partial charge in [0.2, 0.25) is 5.91 Å². The molecule has 1 saturated carbocycles. The van der Waals surface area contributed by atoms with Crippen LogP contribution < -0.4 is 0 Å². The zero-order valence-electron chi connectivity index (χ0n) is 15.8. The molecular weight excluding hydrogens is 389 g/mol. The second kappa shape index (κ2) is 7.22. The summed E-state index contributed by atoms with van der Waals surface area (Å²) in [6.07, 6.45) is 0.818. The molecule has 2 aliphatic rings. The van der Waals surface area contributed by atoms with Gasteiger partial charge in [-0.05, 0) is 48.2 Å². The highest BCUT2D eigenvalue weighted by Crippen LogP contribution is 2.48. The van der Waals surface area contributed by atoms with Crippen LogP contribution in [0.5, 0.6) is 0 Å². The predicted octanol–water partition coefficient (Wildman–Crippen LogP) is 3.52. The zero-order chi connectivity index (χ0) is 20.0. The molecule has 0 N–H and O–H groups in total. The van der Waals surface area contributed by atoms with E-state index < -0.39 is 0 Å². The summed E-state index contributed by atoms with van der Waals surface area (Å²) in [5.41, 5.74) is 4.37. The third kappa shape index (κ3) is 3.51. The summed E-state index contributed by atoms with van der Waals surface area (Å²) in [4.78, 5) is 33.6. The number of nitrogens with zero attached hydrogens (tertiary/aromatic N) is 3. The van der Waals surface area contributed by atoms with Crippen molar-refractivity contribution >= 4 is 33.4 Å². The first-order chi connectivity index (χ1) is 14.1. The summed E-state index contributed by atoms with van der Waals surface area (Å²) < 4.78 is 14.1. The van der Waals surface area contributed by atoms with Crippen molar-refractivity contribution < 1.29 is 14.0 Å². The lowest BCUT2D eigenvalue weighted by molar-refractivity contribution is -0.134. The summed E-state index contributed by atoms with van der Waals surface area (Å²) in [6, 6.07) is 12.0. The number of carbonyl (C=O) groups excluding carboxylic acids is 2. The second-order valence-corrected chi connectivity index (χ2v) is 8.54. The molecule has 2 heterocycles. The molecule has 2 unspecified atom stereocenters. The minimum absolute atomic E-state index is 0.00279.